The van der Waals surface area contributed by atoms with E-state index in [4.69, 9.17) is 14.2 Å². The monoisotopic (exact) mass is 923 g/mol. The molecule has 0 saturated heterocycles. The molecule has 0 fully saturated rings. The van der Waals surface area contributed by atoms with Crippen LogP contribution in [0, 0.1) is 0 Å². The molecule has 0 amide bonds. The smallest absolute Gasteiger partial charge is 0.306 e. The van der Waals surface area contributed by atoms with Crippen molar-refractivity contribution in [1.29, 1.82) is 0 Å². The summed E-state index contributed by atoms with van der Waals surface area (Å²) in [5.74, 6) is -0.956. The van der Waals surface area contributed by atoms with Gasteiger partial charge in [0.15, 0.2) is 6.10 Å². The Morgan fingerprint density at radius 2 is 0.621 bits per heavy atom. The van der Waals surface area contributed by atoms with E-state index < -0.39 is 6.10 Å². The highest BCUT2D eigenvalue weighted by atomic mass is 16.6. The number of carbonyl (C=O) groups excluding carboxylic acids is 3. The van der Waals surface area contributed by atoms with Crippen LogP contribution in [0.15, 0.2) is 60.8 Å². The quantitative estimate of drug-likeness (QED) is 0.0262. The molecule has 0 aromatic carbocycles. The van der Waals surface area contributed by atoms with E-state index in [1.54, 1.807) is 0 Å². The van der Waals surface area contributed by atoms with Gasteiger partial charge in [-0.3, -0.25) is 14.4 Å². The molecule has 0 radical (unpaired) electrons. The zero-order chi connectivity index (χ0) is 47.9. The van der Waals surface area contributed by atoms with Gasteiger partial charge in [0.05, 0.1) is 0 Å². The highest BCUT2D eigenvalue weighted by molar-refractivity contribution is 5.71. The molecule has 382 valence electrons. The predicted octanol–water partition coefficient (Wildman–Crippen LogP) is 18.8. The minimum absolute atomic E-state index is 0.0917. The summed E-state index contributed by atoms with van der Waals surface area (Å²) in [6.07, 6.45) is 67.9. The molecule has 0 rings (SSSR count). The second-order valence-corrected chi connectivity index (χ2v) is 18.8. The fourth-order valence-corrected chi connectivity index (χ4v) is 8.04. The number of rotatable bonds is 51. The van der Waals surface area contributed by atoms with Crippen molar-refractivity contribution in [3.63, 3.8) is 0 Å². The molecular weight excluding hydrogens is 817 g/mol. The third-order valence-corrected chi connectivity index (χ3v) is 12.3. The fraction of sp³-hybridized carbons (Fsp3) is 0.783. The maximum Gasteiger partial charge on any atom is 0.306 e. The second kappa shape index (κ2) is 54.7. The van der Waals surface area contributed by atoms with Crippen molar-refractivity contribution in [3.05, 3.63) is 60.8 Å². The Balaban J connectivity index is 4.39. The van der Waals surface area contributed by atoms with Crippen molar-refractivity contribution in [2.45, 2.75) is 290 Å². The first-order valence-corrected chi connectivity index (χ1v) is 28.3. The molecule has 0 aliphatic rings. The van der Waals surface area contributed by atoms with E-state index in [0.717, 1.165) is 70.6 Å². The molecule has 0 aliphatic carbocycles. The number of ether oxygens (including phenoxy) is 3. The van der Waals surface area contributed by atoms with E-state index in [-0.39, 0.29) is 37.5 Å². The summed E-state index contributed by atoms with van der Waals surface area (Å²) in [6, 6.07) is 0. The van der Waals surface area contributed by atoms with Gasteiger partial charge in [-0.05, 0) is 70.6 Å². The van der Waals surface area contributed by atoms with Gasteiger partial charge in [-0.25, -0.2) is 0 Å². The lowest BCUT2D eigenvalue weighted by molar-refractivity contribution is -0.166. The van der Waals surface area contributed by atoms with Crippen LogP contribution < -0.4 is 0 Å². The van der Waals surface area contributed by atoms with Crippen LogP contribution in [0.4, 0.5) is 0 Å². The Labute approximate surface area is 409 Å². The van der Waals surface area contributed by atoms with Gasteiger partial charge >= 0.3 is 17.9 Å². The molecule has 0 aromatic rings. The molecule has 0 bridgehead atoms. The summed E-state index contributed by atoms with van der Waals surface area (Å²) < 4.78 is 16.8. The fourth-order valence-electron chi connectivity index (χ4n) is 8.04. The average molecular weight is 924 g/mol. The molecule has 0 N–H and O–H groups in total. The van der Waals surface area contributed by atoms with E-state index in [2.05, 4.69) is 75.5 Å². The van der Waals surface area contributed by atoms with Crippen molar-refractivity contribution >= 4 is 17.9 Å². The first-order valence-electron chi connectivity index (χ1n) is 28.3. The minimum atomic E-state index is -0.796. The topological polar surface area (TPSA) is 78.9 Å². The summed E-state index contributed by atoms with van der Waals surface area (Å²) in [5.41, 5.74) is 0. The van der Waals surface area contributed by atoms with Crippen LogP contribution in [-0.4, -0.2) is 37.2 Å². The van der Waals surface area contributed by atoms with Crippen molar-refractivity contribution < 1.29 is 28.6 Å². The van der Waals surface area contributed by atoms with Crippen LogP contribution in [0.5, 0.6) is 0 Å². The van der Waals surface area contributed by atoms with Crippen LogP contribution in [0.3, 0.4) is 0 Å². The summed E-state index contributed by atoms with van der Waals surface area (Å²) in [7, 11) is 0. The van der Waals surface area contributed by atoms with Gasteiger partial charge in [0.1, 0.15) is 13.2 Å². The molecule has 0 heterocycles. The molecule has 0 aromatic heterocycles. The van der Waals surface area contributed by atoms with Crippen LogP contribution in [-0.2, 0) is 28.6 Å². The number of unbranched alkanes of at least 4 members (excludes halogenated alkanes) is 30. The molecule has 6 heteroatoms. The number of esters is 3. The summed E-state index contributed by atoms with van der Waals surface area (Å²) in [6.45, 7) is 6.49. The lowest BCUT2D eigenvalue weighted by Crippen LogP contribution is -2.30. The van der Waals surface area contributed by atoms with E-state index in [1.165, 1.54) is 167 Å². The maximum atomic E-state index is 12.8. The van der Waals surface area contributed by atoms with E-state index in [0.29, 0.717) is 19.3 Å². The normalized spacial score (nSPS) is 12.5. The van der Waals surface area contributed by atoms with Gasteiger partial charge < -0.3 is 14.2 Å². The maximum absolute atomic E-state index is 12.8. The lowest BCUT2D eigenvalue weighted by atomic mass is 10.0. The average Bonchev–Trinajstić information content (AvgIpc) is 3.31. The van der Waals surface area contributed by atoms with Crippen LogP contribution in [0.1, 0.15) is 284 Å². The lowest BCUT2D eigenvalue weighted by Gasteiger charge is -2.18. The SMILES string of the molecule is CC/C=C/C/C=C/C/C=C/CCCCCCCCCCCC(=O)OCC(COC(=O)CC/C=C/C/C=C/CCCCCCCC)OC(=O)CCCCCCCCCCCCCCCCCC. The Hall–Kier alpha value is -2.89. The van der Waals surface area contributed by atoms with Gasteiger partial charge in [0.25, 0.3) is 0 Å². The molecule has 0 aliphatic heterocycles. The summed E-state index contributed by atoms with van der Waals surface area (Å²) in [4.78, 5) is 38.1. The first-order chi connectivity index (χ1) is 32.5. The predicted molar refractivity (Wildman–Crippen MR) is 284 cm³/mol. The second-order valence-electron chi connectivity index (χ2n) is 18.8. The highest BCUT2D eigenvalue weighted by Gasteiger charge is 2.19. The Morgan fingerprint density at radius 1 is 0.318 bits per heavy atom. The summed E-state index contributed by atoms with van der Waals surface area (Å²) in [5, 5.41) is 0. The van der Waals surface area contributed by atoms with E-state index in [9.17, 15) is 14.4 Å². The molecule has 0 spiro atoms. The molecule has 6 nitrogen and oxygen atoms in total. The number of allylic oxidation sites excluding steroid dienone is 10. The van der Waals surface area contributed by atoms with Crippen molar-refractivity contribution in [1.82, 2.24) is 0 Å². The summed E-state index contributed by atoms with van der Waals surface area (Å²) >= 11 is 0. The molecular formula is C60H106O6. The van der Waals surface area contributed by atoms with Gasteiger partial charge in [0, 0.05) is 19.3 Å². The Kier molecular flexibility index (Phi) is 52.3. The van der Waals surface area contributed by atoms with Crippen molar-refractivity contribution in [2.24, 2.45) is 0 Å². The number of hydrogen-bond donors (Lipinski definition) is 0. The number of carbonyl (C=O) groups is 3. The minimum Gasteiger partial charge on any atom is -0.462 e. The Bertz CT molecular complexity index is 1200. The first kappa shape index (κ1) is 63.1. The third-order valence-electron chi connectivity index (χ3n) is 12.3. The van der Waals surface area contributed by atoms with Gasteiger partial charge in [-0.15, -0.1) is 0 Å². The van der Waals surface area contributed by atoms with Gasteiger partial charge in [-0.2, -0.15) is 0 Å². The zero-order valence-corrected chi connectivity index (χ0v) is 43.7. The van der Waals surface area contributed by atoms with E-state index in [1.807, 2.05) is 6.08 Å². The zero-order valence-electron chi connectivity index (χ0n) is 43.7. The van der Waals surface area contributed by atoms with Crippen molar-refractivity contribution in [3.8, 4) is 0 Å². The van der Waals surface area contributed by atoms with Crippen molar-refractivity contribution in [2.75, 3.05) is 13.2 Å². The Morgan fingerprint density at radius 3 is 1.02 bits per heavy atom. The number of hydrogen-bond acceptors (Lipinski definition) is 6. The standard InChI is InChI=1S/C60H106O6/c1-4-7-10-13-16-19-22-25-27-29-30-31-33-35-38-41-44-47-50-53-59(62)65-56-57(55-64-58(61)52-49-46-43-40-37-34-24-21-18-15-12-9-6-3)66-60(63)54-51-48-45-42-39-36-32-28-26-23-20-17-14-11-8-5-2/h7,10,16,19,25,27,34,37,43,46,57H,4-6,8-9,11-15,17-18,20-24,26,28-33,35-36,38-42,44-45,47-56H2,1-3H3/b10-7+,19-16+,27-25+,37-34+,46-43+. The molecule has 1 unspecified atom stereocenters. The molecule has 0 saturated carbocycles. The van der Waals surface area contributed by atoms with Gasteiger partial charge in [0.2, 0.25) is 0 Å². The van der Waals surface area contributed by atoms with Gasteiger partial charge in [-0.1, -0.05) is 255 Å². The highest BCUT2D eigenvalue weighted by Crippen LogP contribution is 2.16. The van der Waals surface area contributed by atoms with Crippen LogP contribution in [0.2, 0.25) is 0 Å². The third kappa shape index (κ3) is 52.1. The van der Waals surface area contributed by atoms with Crippen LogP contribution >= 0.6 is 0 Å². The van der Waals surface area contributed by atoms with Crippen LogP contribution in [0.25, 0.3) is 0 Å². The molecule has 66 heavy (non-hydrogen) atoms. The molecule has 1 atom stereocenters. The largest absolute Gasteiger partial charge is 0.462 e. The van der Waals surface area contributed by atoms with E-state index >= 15 is 0 Å².